The van der Waals surface area contributed by atoms with Crippen LogP contribution in [0.1, 0.15) is 51.4 Å². The van der Waals surface area contributed by atoms with Gasteiger partial charge in [-0.3, -0.25) is 0 Å². The number of benzene rings is 4. The third-order valence-corrected chi connectivity index (χ3v) is 8.04. The molecule has 4 aromatic rings. The van der Waals surface area contributed by atoms with Crippen molar-refractivity contribution < 1.29 is 24.5 Å². The molecule has 1 aliphatic heterocycles. The third kappa shape index (κ3) is 6.58. The molecule has 4 N–H and O–H groups in total. The molecule has 7 heteroatoms. The van der Waals surface area contributed by atoms with Crippen molar-refractivity contribution in [2.75, 3.05) is 5.75 Å². The predicted octanol–water partition coefficient (Wildman–Crippen LogP) is 6.34. The van der Waals surface area contributed by atoms with Crippen LogP contribution in [0.5, 0.6) is 0 Å². The highest BCUT2D eigenvalue weighted by atomic mass is 32.2. The van der Waals surface area contributed by atoms with E-state index < -0.39 is 12.3 Å². The van der Waals surface area contributed by atoms with Gasteiger partial charge in [-0.1, -0.05) is 78.9 Å². The largest absolute Gasteiger partial charge is 0.478 e. The van der Waals surface area contributed by atoms with Gasteiger partial charge in [0, 0.05) is 29.2 Å². The monoisotopic (exact) mass is 541 g/mol. The van der Waals surface area contributed by atoms with E-state index in [1.165, 1.54) is 11.8 Å². The lowest BCUT2D eigenvalue weighted by molar-refractivity contribution is -0.245. The zero-order valence-corrected chi connectivity index (χ0v) is 22.2. The summed E-state index contributed by atoms with van der Waals surface area (Å²) in [4.78, 5) is 12.4. The summed E-state index contributed by atoms with van der Waals surface area (Å²) in [6, 6.07) is 31.1. The number of aliphatic hydroxyl groups is 1. The fourth-order valence-electron chi connectivity index (χ4n) is 4.69. The number of thioether (sulfide) groups is 1. The summed E-state index contributed by atoms with van der Waals surface area (Å²) in [7, 11) is 0. The lowest BCUT2D eigenvalue weighted by Gasteiger charge is -2.36. The van der Waals surface area contributed by atoms with E-state index in [9.17, 15) is 15.0 Å². The van der Waals surface area contributed by atoms with Crippen molar-refractivity contribution in [1.29, 1.82) is 0 Å². The Kier molecular flexibility index (Phi) is 8.76. The highest BCUT2D eigenvalue weighted by molar-refractivity contribution is 7.99. The molecule has 1 aliphatic rings. The van der Waals surface area contributed by atoms with Crippen LogP contribution in [-0.2, 0) is 22.6 Å². The standard InChI is InChI=1S/C32H31NO5S/c33-18-22-4-3-5-26(16-22)23-12-14-25(15-13-23)32-37-27(20-39-30-7-2-1-6-28(30)31(35)36)17-29(38-32)24-10-8-21(19-34)9-11-24/h1-16,27,29,32,34H,17-20,33H2,(H,35,36). The van der Waals surface area contributed by atoms with Crippen molar-refractivity contribution in [3.8, 4) is 11.1 Å². The maximum absolute atomic E-state index is 11.7. The quantitative estimate of drug-likeness (QED) is 0.213. The fraction of sp³-hybridized carbons (Fsp3) is 0.219. The molecule has 0 saturated carbocycles. The number of hydrogen-bond donors (Lipinski definition) is 3. The Hall–Kier alpha value is -3.46. The summed E-state index contributed by atoms with van der Waals surface area (Å²) < 4.78 is 12.9. The van der Waals surface area contributed by atoms with E-state index in [4.69, 9.17) is 15.2 Å². The average Bonchev–Trinajstić information content (AvgIpc) is 3.00. The summed E-state index contributed by atoms with van der Waals surface area (Å²) in [5.41, 5.74) is 12.1. The van der Waals surface area contributed by atoms with Crippen LogP contribution in [0.3, 0.4) is 0 Å². The molecule has 0 radical (unpaired) electrons. The summed E-state index contributed by atoms with van der Waals surface area (Å²) >= 11 is 1.48. The lowest BCUT2D eigenvalue weighted by atomic mass is 9.99. The second-order valence-corrected chi connectivity index (χ2v) is 10.6. The molecule has 0 aromatic heterocycles. The maximum Gasteiger partial charge on any atom is 0.336 e. The topological polar surface area (TPSA) is 102 Å². The van der Waals surface area contributed by atoms with E-state index in [2.05, 4.69) is 24.3 Å². The van der Waals surface area contributed by atoms with Crippen molar-refractivity contribution in [2.24, 2.45) is 5.73 Å². The molecule has 0 amide bonds. The number of carboxylic acid groups (broad SMARTS) is 1. The zero-order valence-electron chi connectivity index (χ0n) is 21.4. The first kappa shape index (κ1) is 27.1. The van der Waals surface area contributed by atoms with Gasteiger partial charge in [0.15, 0.2) is 6.29 Å². The summed E-state index contributed by atoms with van der Waals surface area (Å²) in [5.74, 6) is -0.359. The Morgan fingerprint density at radius 1 is 0.846 bits per heavy atom. The first-order valence-corrected chi connectivity index (χ1v) is 13.9. The minimum absolute atomic E-state index is 0.0136. The van der Waals surface area contributed by atoms with Gasteiger partial charge in [-0.2, -0.15) is 0 Å². The van der Waals surface area contributed by atoms with E-state index in [0.717, 1.165) is 33.4 Å². The van der Waals surface area contributed by atoms with Crippen LogP contribution in [0.4, 0.5) is 0 Å². The minimum Gasteiger partial charge on any atom is -0.478 e. The van der Waals surface area contributed by atoms with Crippen molar-refractivity contribution in [2.45, 2.75) is 43.0 Å². The molecule has 3 unspecified atom stereocenters. The molecule has 1 fully saturated rings. The van der Waals surface area contributed by atoms with E-state index >= 15 is 0 Å². The van der Waals surface area contributed by atoms with Gasteiger partial charge in [0.2, 0.25) is 0 Å². The van der Waals surface area contributed by atoms with Crippen LogP contribution in [0, 0.1) is 0 Å². The van der Waals surface area contributed by atoms with Gasteiger partial charge in [0.1, 0.15) is 0 Å². The number of ether oxygens (including phenoxy) is 2. The number of rotatable bonds is 9. The van der Waals surface area contributed by atoms with Crippen LogP contribution in [-0.4, -0.2) is 28.0 Å². The minimum atomic E-state index is -0.942. The van der Waals surface area contributed by atoms with Crippen molar-refractivity contribution >= 4 is 17.7 Å². The van der Waals surface area contributed by atoms with Gasteiger partial charge in [-0.15, -0.1) is 11.8 Å². The van der Waals surface area contributed by atoms with Gasteiger partial charge in [-0.05, 0) is 46.0 Å². The lowest BCUT2D eigenvalue weighted by Crippen LogP contribution is -2.31. The van der Waals surface area contributed by atoms with Crippen molar-refractivity contribution in [3.05, 3.63) is 125 Å². The molecule has 5 rings (SSSR count). The summed E-state index contributed by atoms with van der Waals surface area (Å²) in [6.07, 6.45) is -0.330. The van der Waals surface area contributed by atoms with Crippen LogP contribution in [0.25, 0.3) is 11.1 Å². The first-order valence-electron chi connectivity index (χ1n) is 12.9. The smallest absolute Gasteiger partial charge is 0.336 e. The Morgan fingerprint density at radius 3 is 2.31 bits per heavy atom. The molecule has 3 atom stereocenters. The van der Waals surface area contributed by atoms with E-state index in [1.807, 2.05) is 60.7 Å². The van der Waals surface area contributed by atoms with E-state index in [-0.39, 0.29) is 24.4 Å². The highest BCUT2D eigenvalue weighted by Crippen LogP contribution is 2.40. The highest BCUT2D eigenvalue weighted by Gasteiger charge is 2.32. The summed E-state index contributed by atoms with van der Waals surface area (Å²) in [6.45, 7) is 0.479. The van der Waals surface area contributed by atoms with E-state index in [0.29, 0.717) is 23.6 Å². The van der Waals surface area contributed by atoms with Gasteiger partial charge >= 0.3 is 5.97 Å². The molecule has 6 nitrogen and oxygen atoms in total. The Morgan fingerprint density at radius 2 is 1.59 bits per heavy atom. The molecule has 1 heterocycles. The predicted molar refractivity (Wildman–Crippen MR) is 152 cm³/mol. The Balaban J connectivity index is 1.37. The number of hydrogen-bond acceptors (Lipinski definition) is 6. The van der Waals surface area contributed by atoms with Crippen LogP contribution >= 0.6 is 11.8 Å². The average molecular weight is 542 g/mol. The van der Waals surface area contributed by atoms with Crippen molar-refractivity contribution in [1.82, 2.24) is 0 Å². The molecule has 39 heavy (non-hydrogen) atoms. The maximum atomic E-state index is 11.7. The molecule has 0 spiro atoms. The molecule has 1 saturated heterocycles. The zero-order chi connectivity index (χ0) is 27.2. The molecular weight excluding hydrogens is 510 g/mol. The fourth-order valence-corrected chi connectivity index (χ4v) is 5.75. The number of aromatic carboxylic acids is 1. The van der Waals surface area contributed by atoms with Gasteiger partial charge in [0.25, 0.3) is 0 Å². The number of nitrogens with two attached hydrogens (primary N) is 1. The normalized spacial score (nSPS) is 19.1. The number of carboxylic acids is 1. The second kappa shape index (κ2) is 12.6. The second-order valence-electron chi connectivity index (χ2n) is 9.49. The van der Waals surface area contributed by atoms with Crippen LogP contribution in [0.2, 0.25) is 0 Å². The molecule has 0 bridgehead atoms. The first-order chi connectivity index (χ1) is 19.0. The van der Waals surface area contributed by atoms with Crippen molar-refractivity contribution in [3.63, 3.8) is 0 Å². The molecule has 0 aliphatic carbocycles. The Labute approximate surface area is 232 Å². The Bertz CT molecular complexity index is 1410. The van der Waals surface area contributed by atoms with Gasteiger partial charge in [0.05, 0.1) is 24.4 Å². The molecule has 200 valence electrons. The van der Waals surface area contributed by atoms with E-state index in [1.54, 1.807) is 12.1 Å². The van der Waals surface area contributed by atoms with Gasteiger partial charge in [-0.25, -0.2) is 4.79 Å². The SMILES string of the molecule is NCc1cccc(-c2ccc(C3OC(CSc4ccccc4C(=O)O)CC(c4ccc(CO)cc4)O3)cc2)c1. The molecule has 4 aromatic carbocycles. The third-order valence-electron chi connectivity index (χ3n) is 6.84. The van der Waals surface area contributed by atoms with Crippen LogP contribution in [0.15, 0.2) is 102 Å². The summed E-state index contributed by atoms with van der Waals surface area (Å²) in [5, 5.41) is 19.0. The van der Waals surface area contributed by atoms with Crippen LogP contribution < -0.4 is 5.73 Å². The molecular formula is C32H31NO5S. The number of aliphatic hydroxyl groups excluding tert-OH is 1. The van der Waals surface area contributed by atoms with Gasteiger partial charge < -0.3 is 25.4 Å². The number of carbonyl (C=O) groups is 1.